The molecule has 1 atom stereocenters. The van der Waals surface area contributed by atoms with Gasteiger partial charge in [-0.25, -0.2) is 8.42 Å². The highest BCUT2D eigenvalue weighted by molar-refractivity contribution is 7.92. The largest absolute Gasteiger partial charge is 0.492 e. The first-order valence-electron chi connectivity index (χ1n) is 10.2. The molecular formula is C23H31ClN2O4S. The van der Waals surface area contributed by atoms with Crippen LogP contribution in [0.1, 0.15) is 39.7 Å². The number of anilines is 1. The maximum absolute atomic E-state index is 12.8. The third kappa shape index (κ3) is 7.14. The highest BCUT2D eigenvalue weighted by Gasteiger charge is 2.31. The molecule has 0 saturated carbocycles. The number of ether oxygens (including phenoxy) is 1. The number of nitrogens with one attached hydrogen (secondary N) is 1. The predicted octanol–water partition coefficient (Wildman–Crippen LogP) is 4.38. The number of amides is 1. The van der Waals surface area contributed by atoms with E-state index in [1.165, 1.54) is 11.6 Å². The summed E-state index contributed by atoms with van der Waals surface area (Å²) in [6.45, 7) is 8.72. The smallest absolute Gasteiger partial charge is 0.244 e. The van der Waals surface area contributed by atoms with Crippen LogP contribution in [-0.4, -0.2) is 39.8 Å². The number of carbonyl (C=O) groups is 1. The van der Waals surface area contributed by atoms with Crippen molar-refractivity contribution in [2.45, 2.75) is 45.6 Å². The molecule has 0 unspecified atom stereocenters. The summed E-state index contributed by atoms with van der Waals surface area (Å²) < 4.78 is 31.7. The van der Waals surface area contributed by atoms with Crippen LogP contribution in [0.15, 0.2) is 48.5 Å². The summed E-state index contributed by atoms with van der Waals surface area (Å²) in [5.74, 6) is 0.325. The SMILES string of the molecule is CC[C@H](C(=O)NCCOc1ccc(C(C)(C)C)cc1)N(c1cccc(Cl)c1)S(C)(=O)=O. The van der Waals surface area contributed by atoms with Crippen LogP contribution in [-0.2, 0) is 20.2 Å². The van der Waals surface area contributed by atoms with Crippen molar-refractivity contribution < 1.29 is 17.9 Å². The van der Waals surface area contributed by atoms with Crippen LogP contribution in [0, 0.1) is 0 Å². The average molecular weight is 467 g/mol. The van der Waals surface area contributed by atoms with E-state index in [2.05, 4.69) is 26.1 Å². The van der Waals surface area contributed by atoms with E-state index in [-0.39, 0.29) is 24.5 Å². The zero-order valence-electron chi connectivity index (χ0n) is 18.7. The molecule has 2 aromatic carbocycles. The van der Waals surface area contributed by atoms with Gasteiger partial charge in [-0.1, -0.05) is 57.5 Å². The van der Waals surface area contributed by atoms with Crippen LogP contribution in [0.5, 0.6) is 5.75 Å². The highest BCUT2D eigenvalue weighted by atomic mass is 35.5. The molecule has 0 spiro atoms. The standard InChI is InChI=1S/C23H31ClN2O4S/c1-6-21(26(31(5,28)29)19-9-7-8-18(24)16-19)22(27)25-14-15-30-20-12-10-17(11-13-20)23(2,3)4/h7-13,16,21H,6,14-15H2,1-5H3,(H,25,27)/t21-/m1/s1. The van der Waals surface area contributed by atoms with Gasteiger partial charge >= 0.3 is 0 Å². The Morgan fingerprint density at radius 1 is 1.16 bits per heavy atom. The van der Waals surface area contributed by atoms with Crippen molar-refractivity contribution >= 4 is 33.2 Å². The van der Waals surface area contributed by atoms with Gasteiger partial charge in [-0.15, -0.1) is 0 Å². The molecule has 0 saturated heterocycles. The molecule has 8 heteroatoms. The van der Waals surface area contributed by atoms with Crippen molar-refractivity contribution in [3.8, 4) is 5.75 Å². The molecule has 0 aromatic heterocycles. The number of carbonyl (C=O) groups excluding carboxylic acids is 1. The molecule has 31 heavy (non-hydrogen) atoms. The van der Waals surface area contributed by atoms with E-state index < -0.39 is 16.1 Å². The predicted molar refractivity (Wildman–Crippen MR) is 127 cm³/mol. The summed E-state index contributed by atoms with van der Waals surface area (Å²) in [4.78, 5) is 12.8. The minimum absolute atomic E-state index is 0.0656. The van der Waals surface area contributed by atoms with Gasteiger partial charge in [0.2, 0.25) is 15.9 Å². The van der Waals surface area contributed by atoms with Crippen molar-refractivity contribution in [3.05, 3.63) is 59.1 Å². The summed E-state index contributed by atoms with van der Waals surface area (Å²) in [7, 11) is -3.70. The van der Waals surface area contributed by atoms with Gasteiger partial charge in [0.1, 0.15) is 18.4 Å². The molecule has 0 bridgehead atoms. The summed E-state index contributed by atoms with van der Waals surface area (Å²) >= 11 is 6.02. The monoisotopic (exact) mass is 466 g/mol. The third-order valence-corrected chi connectivity index (χ3v) is 6.20. The zero-order chi connectivity index (χ0) is 23.2. The van der Waals surface area contributed by atoms with Crippen molar-refractivity contribution in [2.75, 3.05) is 23.7 Å². The lowest BCUT2D eigenvalue weighted by molar-refractivity contribution is -0.122. The molecule has 0 heterocycles. The van der Waals surface area contributed by atoms with E-state index >= 15 is 0 Å². The minimum atomic E-state index is -3.70. The molecule has 0 aliphatic rings. The zero-order valence-corrected chi connectivity index (χ0v) is 20.3. The number of benzene rings is 2. The fourth-order valence-electron chi connectivity index (χ4n) is 3.19. The normalized spacial score (nSPS) is 12.8. The van der Waals surface area contributed by atoms with Gasteiger partial charge in [-0.3, -0.25) is 9.10 Å². The van der Waals surface area contributed by atoms with Gasteiger partial charge in [0.25, 0.3) is 0 Å². The van der Waals surface area contributed by atoms with Crippen molar-refractivity contribution in [1.82, 2.24) is 5.32 Å². The van der Waals surface area contributed by atoms with E-state index in [1.807, 2.05) is 24.3 Å². The second kappa shape index (κ2) is 10.4. The third-order valence-electron chi connectivity index (χ3n) is 4.78. The lowest BCUT2D eigenvalue weighted by atomic mass is 9.87. The number of nitrogens with zero attached hydrogens (tertiary/aromatic N) is 1. The molecule has 1 amide bonds. The van der Waals surface area contributed by atoms with E-state index in [9.17, 15) is 13.2 Å². The van der Waals surface area contributed by atoms with Crippen LogP contribution in [0.25, 0.3) is 0 Å². The highest BCUT2D eigenvalue weighted by Crippen LogP contribution is 2.26. The lowest BCUT2D eigenvalue weighted by Gasteiger charge is -2.30. The second-order valence-electron chi connectivity index (χ2n) is 8.38. The van der Waals surface area contributed by atoms with Gasteiger partial charge in [0, 0.05) is 5.02 Å². The molecule has 1 N–H and O–H groups in total. The molecule has 170 valence electrons. The fourth-order valence-corrected chi connectivity index (χ4v) is 4.57. The van der Waals surface area contributed by atoms with Gasteiger partial charge < -0.3 is 10.1 Å². The van der Waals surface area contributed by atoms with E-state index in [0.717, 1.165) is 10.6 Å². The Balaban J connectivity index is 2.00. The number of rotatable bonds is 9. The Hall–Kier alpha value is -2.25. The van der Waals surface area contributed by atoms with E-state index in [1.54, 1.807) is 25.1 Å². The molecule has 0 radical (unpaired) electrons. The van der Waals surface area contributed by atoms with E-state index in [4.69, 9.17) is 16.3 Å². The van der Waals surface area contributed by atoms with Crippen molar-refractivity contribution in [1.29, 1.82) is 0 Å². The van der Waals surface area contributed by atoms with Crippen LogP contribution in [0.3, 0.4) is 0 Å². The molecule has 2 rings (SSSR count). The maximum Gasteiger partial charge on any atom is 0.244 e. The van der Waals surface area contributed by atoms with Crippen LogP contribution < -0.4 is 14.4 Å². The molecule has 0 aliphatic carbocycles. The summed E-state index contributed by atoms with van der Waals surface area (Å²) in [5.41, 5.74) is 1.63. The molecule has 6 nitrogen and oxygen atoms in total. The maximum atomic E-state index is 12.8. The Bertz CT molecular complexity index is 985. The van der Waals surface area contributed by atoms with Crippen molar-refractivity contribution in [2.24, 2.45) is 0 Å². The Morgan fingerprint density at radius 3 is 2.32 bits per heavy atom. The lowest BCUT2D eigenvalue weighted by Crippen LogP contribution is -2.50. The van der Waals surface area contributed by atoms with Crippen LogP contribution in [0.4, 0.5) is 5.69 Å². The Kier molecular flexibility index (Phi) is 8.37. The molecule has 0 aliphatic heterocycles. The topological polar surface area (TPSA) is 75.7 Å². The number of hydrogen-bond acceptors (Lipinski definition) is 4. The Morgan fingerprint density at radius 2 is 1.81 bits per heavy atom. The van der Waals surface area contributed by atoms with Gasteiger partial charge in [0.05, 0.1) is 18.5 Å². The minimum Gasteiger partial charge on any atom is -0.492 e. The van der Waals surface area contributed by atoms with Crippen molar-refractivity contribution in [3.63, 3.8) is 0 Å². The second-order valence-corrected chi connectivity index (χ2v) is 10.7. The first-order valence-corrected chi connectivity index (χ1v) is 12.4. The van der Waals surface area contributed by atoms with Gasteiger partial charge in [0.15, 0.2) is 0 Å². The van der Waals surface area contributed by atoms with Gasteiger partial charge in [-0.2, -0.15) is 0 Å². The average Bonchev–Trinajstić information content (AvgIpc) is 2.67. The summed E-state index contributed by atoms with van der Waals surface area (Å²) in [5, 5.41) is 3.17. The summed E-state index contributed by atoms with van der Waals surface area (Å²) in [6.07, 6.45) is 1.38. The van der Waals surface area contributed by atoms with Gasteiger partial charge in [-0.05, 0) is 47.7 Å². The van der Waals surface area contributed by atoms with E-state index in [0.29, 0.717) is 22.9 Å². The quantitative estimate of drug-likeness (QED) is 0.556. The first kappa shape index (κ1) is 25.0. The molecular weight excluding hydrogens is 436 g/mol. The summed E-state index contributed by atoms with van der Waals surface area (Å²) in [6, 6.07) is 13.4. The fraction of sp³-hybridized carbons (Fsp3) is 0.435. The van der Waals surface area contributed by atoms with Crippen LogP contribution in [0.2, 0.25) is 5.02 Å². The number of halogens is 1. The molecule has 2 aromatic rings. The number of sulfonamides is 1. The number of hydrogen-bond donors (Lipinski definition) is 1. The first-order chi connectivity index (χ1) is 14.4. The Labute approximate surface area is 190 Å². The van der Waals surface area contributed by atoms with Crippen LogP contribution >= 0.6 is 11.6 Å². The molecule has 0 fully saturated rings.